The van der Waals surface area contributed by atoms with Gasteiger partial charge in [0.1, 0.15) is 12.4 Å². The van der Waals surface area contributed by atoms with Crippen LogP contribution in [-0.4, -0.2) is 24.3 Å². The molecule has 0 bridgehead atoms. The van der Waals surface area contributed by atoms with E-state index in [0.29, 0.717) is 12.5 Å². The van der Waals surface area contributed by atoms with Crippen LogP contribution < -0.4 is 10.1 Å². The number of fused-ring (bicyclic) bond motifs is 1. The number of benzene rings is 3. The Morgan fingerprint density at radius 2 is 1.61 bits per heavy atom. The molecule has 0 fully saturated rings. The number of aryl methyl sites for hydroxylation is 2. The van der Waals surface area contributed by atoms with Crippen molar-refractivity contribution in [2.45, 2.75) is 79.2 Å². The van der Waals surface area contributed by atoms with Crippen molar-refractivity contribution in [1.29, 1.82) is 0 Å². The third kappa shape index (κ3) is 6.88. The molecule has 3 heteroatoms. The normalized spacial score (nSPS) is 12.2. The first-order chi connectivity index (χ1) is 18.5. The Morgan fingerprint density at radius 3 is 2.32 bits per heavy atom. The summed E-state index contributed by atoms with van der Waals surface area (Å²) >= 11 is 0. The molecule has 38 heavy (non-hydrogen) atoms. The van der Waals surface area contributed by atoms with Gasteiger partial charge < -0.3 is 14.6 Å². The first kappa shape index (κ1) is 28.0. The molecule has 3 aromatic carbocycles. The van der Waals surface area contributed by atoms with Gasteiger partial charge in [0.15, 0.2) is 0 Å². The van der Waals surface area contributed by atoms with Crippen LogP contribution in [-0.2, 0) is 6.54 Å². The molecule has 4 aromatic rings. The van der Waals surface area contributed by atoms with E-state index in [4.69, 9.17) is 4.74 Å². The second-order valence-corrected chi connectivity index (χ2v) is 10.8. The molecule has 1 heterocycles. The van der Waals surface area contributed by atoms with Crippen LogP contribution in [0.3, 0.4) is 0 Å². The number of nitrogens with zero attached hydrogens (tertiary/aromatic N) is 1. The highest BCUT2D eigenvalue weighted by atomic mass is 16.5. The molecule has 0 radical (unpaired) electrons. The Labute approximate surface area is 230 Å². The second-order valence-electron chi connectivity index (χ2n) is 10.8. The maximum absolute atomic E-state index is 5.99. The molecule has 0 aliphatic heterocycles. The van der Waals surface area contributed by atoms with Crippen molar-refractivity contribution in [2.24, 2.45) is 0 Å². The summed E-state index contributed by atoms with van der Waals surface area (Å²) in [5.41, 5.74) is 9.24. The largest absolute Gasteiger partial charge is 0.492 e. The summed E-state index contributed by atoms with van der Waals surface area (Å²) in [6.45, 7) is 14.8. The SMILES string of the molecule is CCCCCCNCCOc1ccc(Cn2c(-c3ccc(C)cc3)c(C)c3cc(C(C)CC)ccc32)cc1. The van der Waals surface area contributed by atoms with Crippen molar-refractivity contribution in [2.75, 3.05) is 19.7 Å². The van der Waals surface area contributed by atoms with Gasteiger partial charge in [-0.2, -0.15) is 0 Å². The molecule has 0 saturated carbocycles. The van der Waals surface area contributed by atoms with Crippen LogP contribution >= 0.6 is 0 Å². The monoisotopic (exact) mass is 510 g/mol. The fraction of sp³-hybridized carbons (Fsp3) is 0.429. The highest BCUT2D eigenvalue weighted by molar-refractivity contribution is 5.92. The number of rotatable bonds is 14. The van der Waals surface area contributed by atoms with Crippen LogP contribution in [0.5, 0.6) is 5.75 Å². The van der Waals surface area contributed by atoms with Crippen molar-refractivity contribution >= 4 is 10.9 Å². The molecule has 0 aliphatic carbocycles. The average Bonchev–Trinajstić information content (AvgIpc) is 3.21. The molecule has 1 N–H and O–H groups in total. The molecule has 0 amide bonds. The van der Waals surface area contributed by atoms with Gasteiger partial charge in [0, 0.05) is 24.0 Å². The van der Waals surface area contributed by atoms with E-state index >= 15 is 0 Å². The summed E-state index contributed by atoms with van der Waals surface area (Å²) in [6.07, 6.45) is 6.33. The fourth-order valence-electron chi connectivity index (χ4n) is 5.25. The Kier molecular flexibility index (Phi) is 10.1. The quantitative estimate of drug-likeness (QED) is 0.171. The summed E-state index contributed by atoms with van der Waals surface area (Å²) in [6, 6.07) is 24.7. The van der Waals surface area contributed by atoms with E-state index in [2.05, 4.69) is 111 Å². The van der Waals surface area contributed by atoms with Gasteiger partial charge in [-0.05, 0) is 85.7 Å². The minimum absolute atomic E-state index is 0.564. The number of hydrogen-bond donors (Lipinski definition) is 1. The summed E-state index contributed by atoms with van der Waals surface area (Å²) in [4.78, 5) is 0. The van der Waals surface area contributed by atoms with Crippen molar-refractivity contribution in [1.82, 2.24) is 9.88 Å². The van der Waals surface area contributed by atoms with E-state index in [-0.39, 0.29) is 0 Å². The molecule has 3 nitrogen and oxygen atoms in total. The van der Waals surface area contributed by atoms with Crippen LogP contribution in [0.15, 0.2) is 66.7 Å². The van der Waals surface area contributed by atoms with Gasteiger partial charge in [0.25, 0.3) is 0 Å². The van der Waals surface area contributed by atoms with Crippen LogP contribution in [0.1, 0.15) is 81.0 Å². The highest BCUT2D eigenvalue weighted by Gasteiger charge is 2.17. The van der Waals surface area contributed by atoms with E-state index < -0.39 is 0 Å². The molecule has 1 unspecified atom stereocenters. The van der Waals surface area contributed by atoms with E-state index in [0.717, 1.165) is 31.8 Å². The zero-order valence-electron chi connectivity index (χ0n) is 24.1. The predicted molar refractivity (Wildman–Crippen MR) is 164 cm³/mol. The smallest absolute Gasteiger partial charge is 0.119 e. The summed E-state index contributed by atoms with van der Waals surface area (Å²) in [5, 5.41) is 4.85. The lowest BCUT2D eigenvalue weighted by Crippen LogP contribution is -2.22. The first-order valence-electron chi connectivity index (χ1n) is 14.6. The zero-order valence-corrected chi connectivity index (χ0v) is 24.1. The molecule has 202 valence electrons. The topological polar surface area (TPSA) is 26.2 Å². The van der Waals surface area contributed by atoms with Gasteiger partial charge in [0.2, 0.25) is 0 Å². The Balaban J connectivity index is 1.52. The number of nitrogens with one attached hydrogen (secondary N) is 1. The predicted octanol–water partition coefficient (Wildman–Crippen LogP) is 9.04. The van der Waals surface area contributed by atoms with E-state index in [9.17, 15) is 0 Å². The van der Waals surface area contributed by atoms with Crippen molar-refractivity contribution in [3.63, 3.8) is 0 Å². The molecular weight excluding hydrogens is 464 g/mol. The Hall–Kier alpha value is -3.04. The molecule has 1 atom stereocenters. The maximum Gasteiger partial charge on any atom is 0.119 e. The molecule has 1 aromatic heterocycles. The van der Waals surface area contributed by atoms with Gasteiger partial charge in [-0.1, -0.05) is 88.1 Å². The lowest BCUT2D eigenvalue weighted by Gasteiger charge is -2.14. The highest BCUT2D eigenvalue weighted by Crippen LogP contribution is 2.36. The van der Waals surface area contributed by atoms with Crippen LogP contribution in [0, 0.1) is 13.8 Å². The van der Waals surface area contributed by atoms with Gasteiger partial charge in [-0.15, -0.1) is 0 Å². The van der Waals surface area contributed by atoms with Crippen molar-refractivity contribution in [3.8, 4) is 17.0 Å². The number of aromatic nitrogens is 1. The van der Waals surface area contributed by atoms with Crippen LogP contribution in [0.2, 0.25) is 0 Å². The third-order valence-corrected chi connectivity index (χ3v) is 7.87. The second kappa shape index (κ2) is 13.7. The number of ether oxygens (including phenoxy) is 1. The van der Waals surface area contributed by atoms with Gasteiger partial charge >= 0.3 is 0 Å². The van der Waals surface area contributed by atoms with E-state index in [1.165, 1.54) is 70.1 Å². The van der Waals surface area contributed by atoms with E-state index in [1.807, 2.05) is 0 Å². The lowest BCUT2D eigenvalue weighted by atomic mass is 9.96. The van der Waals surface area contributed by atoms with Gasteiger partial charge in [-0.3, -0.25) is 0 Å². The third-order valence-electron chi connectivity index (χ3n) is 7.87. The summed E-state index contributed by atoms with van der Waals surface area (Å²) in [5.74, 6) is 1.50. The molecule has 4 rings (SSSR count). The van der Waals surface area contributed by atoms with E-state index in [1.54, 1.807) is 0 Å². The van der Waals surface area contributed by atoms with Crippen LogP contribution in [0.4, 0.5) is 0 Å². The molecule has 0 aliphatic rings. The maximum atomic E-state index is 5.99. The van der Waals surface area contributed by atoms with Crippen LogP contribution in [0.25, 0.3) is 22.2 Å². The minimum atomic E-state index is 0.564. The Morgan fingerprint density at radius 1 is 0.842 bits per heavy atom. The van der Waals surface area contributed by atoms with Gasteiger partial charge in [-0.25, -0.2) is 0 Å². The first-order valence-corrected chi connectivity index (χ1v) is 14.6. The zero-order chi connectivity index (χ0) is 26.9. The Bertz CT molecular complexity index is 1280. The lowest BCUT2D eigenvalue weighted by molar-refractivity contribution is 0.313. The summed E-state index contributed by atoms with van der Waals surface area (Å²) in [7, 11) is 0. The molecule has 0 spiro atoms. The van der Waals surface area contributed by atoms with Gasteiger partial charge in [0.05, 0.1) is 5.69 Å². The van der Waals surface area contributed by atoms with Crippen molar-refractivity contribution in [3.05, 3.63) is 89.0 Å². The van der Waals surface area contributed by atoms with Crippen molar-refractivity contribution < 1.29 is 4.74 Å². The number of unbranched alkanes of at least 4 members (excludes halogenated alkanes) is 3. The minimum Gasteiger partial charge on any atom is -0.492 e. The number of hydrogen-bond acceptors (Lipinski definition) is 2. The average molecular weight is 511 g/mol. The standard InChI is InChI=1S/C35H46N2O/c1-6-8-9-10-21-36-22-23-38-32-18-13-29(14-19-32)25-37-34-20-17-31(27(4)7-2)24-33(34)28(5)35(37)30-15-11-26(3)12-16-30/h11-20,24,27,36H,6-10,21-23,25H2,1-5H3. The summed E-state index contributed by atoms with van der Waals surface area (Å²) < 4.78 is 8.49. The molecular formula is C35H46N2O. The fourth-order valence-corrected chi connectivity index (χ4v) is 5.25. The molecule has 0 saturated heterocycles.